The normalized spacial score (nSPS) is 12.4. The summed E-state index contributed by atoms with van der Waals surface area (Å²) in [6.45, 7) is 2.39. The minimum Gasteiger partial charge on any atom is -0.495 e. The van der Waals surface area contributed by atoms with Crippen molar-refractivity contribution < 1.29 is 9.53 Å². The first-order chi connectivity index (χ1) is 9.78. The van der Waals surface area contributed by atoms with Crippen LogP contribution in [0.15, 0.2) is 29.6 Å². The third-order valence-electron chi connectivity index (χ3n) is 3.41. The maximum Gasteiger partial charge on any atom is 0.265 e. The fourth-order valence-electron chi connectivity index (χ4n) is 2.34. The standard InChI is InChI=1S/C15H16N2O2S.ClH/c1-19-13-4-5-20-14(13)15(18)17-7-10-2-3-11-8-16-9-12(11)6-10;/h2-6,16H,7-9H2,1H3,(H,17,18);1H. The highest BCUT2D eigenvalue weighted by Gasteiger charge is 2.14. The van der Waals surface area contributed by atoms with Crippen LogP contribution in [0.2, 0.25) is 0 Å². The molecule has 1 aliphatic rings. The van der Waals surface area contributed by atoms with Crippen molar-refractivity contribution in [1.82, 2.24) is 10.6 Å². The second kappa shape index (κ2) is 6.93. The summed E-state index contributed by atoms with van der Waals surface area (Å²) in [5.74, 6) is 0.543. The number of carbonyl (C=O) groups is 1. The molecule has 0 aliphatic carbocycles. The molecule has 2 N–H and O–H groups in total. The second-order valence-corrected chi connectivity index (χ2v) is 5.62. The van der Waals surface area contributed by atoms with Crippen LogP contribution in [0.1, 0.15) is 26.4 Å². The van der Waals surface area contributed by atoms with Crippen molar-refractivity contribution in [3.05, 3.63) is 51.2 Å². The van der Waals surface area contributed by atoms with Crippen molar-refractivity contribution in [3.8, 4) is 5.75 Å². The Morgan fingerprint density at radius 1 is 1.33 bits per heavy atom. The van der Waals surface area contributed by atoms with E-state index in [9.17, 15) is 4.79 Å². The monoisotopic (exact) mass is 324 g/mol. The van der Waals surface area contributed by atoms with E-state index in [4.69, 9.17) is 4.74 Å². The van der Waals surface area contributed by atoms with Crippen LogP contribution < -0.4 is 15.4 Å². The topological polar surface area (TPSA) is 50.4 Å². The minimum absolute atomic E-state index is 0. The summed E-state index contributed by atoms with van der Waals surface area (Å²) in [6, 6.07) is 8.15. The first-order valence-electron chi connectivity index (χ1n) is 6.49. The van der Waals surface area contributed by atoms with Gasteiger partial charge in [0, 0.05) is 19.6 Å². The molecule has 0 saturated carbocycles. The molecule has 0 spiro atoms. The number of nitrogens with one attached hydrogen (secondary N) is 2. The van der Waals surface area contributed by atoms with E-state index >= 15 is 0 Å². The van der Waals surface area contributed by atoms with Crippen molar-refractivity contribution in [2.75, 3.05) is 7.11 Å². The molecule has 1 aromatic heterocycles. The number of thiophene rings is 1. The number of fused-ring (bicyclic) bond motifs is 1. The van der Waals surface area contributed by atoms with E-state index < -0.39 is 0 Å². The number of halogens is 1. The van der Waals surface area contributed by atoms with Gasteiger partial charge in [-0.1, -0.05) is 18.2 Å². The van der Waals surface area contributed by atoms with Gasteiger partial charge < -0.3 is 15.4 Å². The Morgan fingerprint density at radius 3 is 2.95 bits per heavy atom. The molecule has 0 bridgehead atoms. The van der Waals surface area contributed by atoms with E-state index in [0.29, 0.717) is 17.2 Å². The molecule has 112 valence electrons. The first kappa shape index (κ1) is 15.8. The predicted octanol–water partition coefficient (Wildman–Crippen LogP) is 2.71. The van der Waals surface area contributed by atoms with Gasteiger partial charge in [-0.05, 0) is 28.1 Å². The predicted molar refractivity (Wildman–Crippen MR) is 86.3 cm³/mol. The lowest BCUT2D eigenvalue weighted by Crippen LogP contribution is -2.22. The number of benzene rings is 1. The molecule has 21 heavy (non-hydrogen) atoms. The van der Waals surface area contributed by atoms with Crippen molar-refractivity contribution in [2.45, 2.75) is 19.6 Å². The summed E-state index contributed by atoms with van der Waals surface area (Å²) in [7, 11) is 1.58. The molecule has 1 aromatic carbocycles. The SMILES string of the molecule is COc1ccsc1C(=O)NCc1ccc2c(c1)CNC2.Cl. The molecule has 2 heterocycles. The zero-order chi connectivity index (χ0) is 13.9. The van der Waals surface area contributed by atoms with Gasteiger partial charge in [0.2, 0.25) is 0 Å². The molecule has 2 aromatic rings. The molecule has 4 nitrogen and oxygen atoms in total. The zero-order valence-electron chi connectivity index (χ0n) is 11.6. The van der Waals surface area contributed by atoms with Crippen LogP contribution in [0.25, 0.3) is 0 Å². The lowest BCUT2D eigenvalue weighted by molar-refractivity contribution is 0.0952. The van der Waals surface area contributed by atoms with Crippen LogP contribution in [-0.2, 0) is 19.6 Å². The van der Waals surface area contributed by atoms with Gasteiger partial charge >= 0.3 is 0 Å². The molecule has 0 radical (unpaired) electrons. The van der Waals surface area contributed by atoms with Gasteiger partial charge in [0.15, 0.2) is 0 Å². The molecule has 0 unspecified atom stereocenters. The molecular weight excluding hydrogens is 308 g/mol. The van der Waals surface area contributed by atoms with Crippen molar-refractivity contribution in [3.63, 3.8) is 0 Å². The maximum absolute atomic E-state index is 12.1. The summed E-state index contributed by atoms with van der Waals surface area (Å²) in [4.78, 5) is 12.7. The smallest absolute Gasteiger partial charge is 0.265 e. The van der Waals surface area contributed by atoms with Gasteiger partial charge in [-0.3, -0.25) is 4.79 Å². The van der Waals surface area contributed by atoms with Gasteiger partial charge in [0.1, 0.15) is 10.6 Å². The summed E-state index contributed by atoms with van der Waals surface area (Å²) in [5, 5.41) is 8.11. The van der Waals surface area contributed by atoms with E-state index in [0.717, 1.165) is 18.7 Å². The lowest BCUT2D eigenvalue weighted by atomic mass is 10.1. The third-order valence-corrected chi connectivity index (χ3v) is 4.30. The fourth-order valence-corrected chi connectivity index (χ4v) is 3.12. The molecule has 0 fully saturated rings. The largest absolute Gasteiger partial charge is 0.495 e. The van der Waals surface area contributed by atoms with Crippen molar-refractivity contribution in [1.29, 1.82) is 0 Å². The summed E-state index contributed by atoms with van der Waals surface area (Å²) < 4.78 is 5.16. The summed E-state index contributed by atoms with van der Waals surface area (Å²) in [6.07, 6.45) is 0. The number of amides is 1. The molecule has 1 amide bonds. The fraction of sp³-hybridized carbons (Fsp3) is 0.267. The van der Waals surface area contributed by atoms with Crippen LogP contribution in [0.4, 0.5) is 0 Å². The van der Waals surface area contributed by atoms with Crippen LogP contribution in [0, 0.1) is 0 Å². The van der Waals surface area contributed by atoms with Gasteiger partial charge in [-0.15, -0.1) is 23.7 Å². The Bertz CT molecular complexity index is 642. The van der Waals surface area contributed by atoms with Gasteiger partial charge in [0.25, 0.3) is 5.91 Å². The zero-order valence-corrected chi connectivity index (χ0v) is 13.3. The average molecular weight is 325 g/mol. The minimum atomic E-state index is -0.0875. The Labute approximate surface area is 133 Å². The van der Waals surface area contributed by atoms with E-state index in [1.807, 2.05) is 5.38 Å². The van der Waals surface area contributed by atoms with Gasteiger partial charge in [-0.25, -0.2) is 0 Å². The second-order valence-electron chi connectivity index (χ2n) is 4.71. The van der Waals surface area contributed by atoms with Crippen LogP contribution in [-0.4, -0.2) is 13.0 Å². The van der Waals surface area contributed by atoms with Crippen LogP contribution >= 0.6 is 23.7 Å². The number of rotatable bonds is 4. The number of ether oxygens (including phenoxy) is 1. The number of hydrogen-bond donors (Lipinski definition) is 2. The van der Waals surface area contributed by atoms with E-state index in [1.54, 1.807) is 13.2 Å². The van der Waals surface area contributed by atoms with Crippen molar-refractivity contribution in [2.24, 2.45) is 0 Å². The first-order valence-corrected chi connectivity index (χ1v) is 7.37. The van der Waals surface area contributed by atoms with Gasteiger partial charge in [0.05, 0.1) is 7.11 Å². The Kier molecular flexibility index (Phi) is 5.22. The van der Waals surface area contributed by atoms with E-state index in [-0.39, 0.29) is 18.3 Å². The molecule has 1 aliphatic heterocycles. The summed E-state index contributed by atoms with van der Waals surface area (Å²) in [5.41, 5.74) is 3.79. The number of carbonyl (C=O) groups excluding carboxylic acids is 1. The highest BCUT2D eigenvalue weighted by molar-refractivity contribution is 7.12. The van der Waals surface area contributed by atoms with E-state index in [1.165, 1.54) is 22.5 Å². The maximum atomic E-state index is 12.1. The molecule has 6 heteroatoms. The van der Waals surface area contributed by atoms with Crippen molar-refractivity contribution >= 4 is 29.7 Å². The average Bonchev–Trinajstić information content (AvgIpc) is 3.12. The molecule has 0 saturated heterocycles. The third kappa shape index (κ3) is 3.37. The van der Waals surface area contributed by atoms with Crippen LogP contribution in [0.5, 0.6) is 5.75 Å². The highest BCUT2D eigenvalue weighted by atomic mass is 35.5. The number of methoxy groups -OCH3 is 1. The summed E-state index contributed by atoms with van der Waals surface area (Å²) >= 11 is 1.39. The molecule has 0 atom stereocenters. The quantitative estimate of drug-likeness (QED) is 0.909. The Hall–Kier alpha value is -1.56. The van der Waals surface area contributed by atoms with Gasteiger partial charge in [-0.2, -0.15) is 0 Å². The molecular formula is C15H17ClN2O2S. The highest BCUT2D eigenvalue weighted by Crippen LogP contribution is 2.24. The van der Waals surface area contributed by atoms with Crippen LogP contribution in [0.3, 0.4) is 0 Å². The lowest BCUT2D eigenvalue weighted by Gasteiger charge is -2.07. The molecule has 3 rings (SSSR count). The Balaban J connectivity index is 0.00000161. The Morgan fingerprint density at radius 2 is 2.14 bits per heavy atom. The van der Waals surface area contributed by atoms with E-state index in [2.05, 4.69) is 28.8 Å². The number of hydrogen-bond acceptors (Lipinski definition) is 4.